The molecule has 3 spiro atoms. The molecule has 2 bridgehead atoms. The van der Waals surface area contributed by atoms with Gasteiger partial charge in [0.15, 0.2) is 30.2 Å². The molecule has 5 saturated carbocycles. The second-order valence-electron chi connectivity index (χ2n) is 26.0. The third-order valence-corrected chi connectivity index (χ3v) is 21.5. The number of aliphatic hydroxyl groups excluding tert-OH is 6. The zero-order valence-electron chi connectivity index (χ0n) is 47.7. The van der Waals surface area contributed by atoms with Gasteiger partial charge in [0.2, 0.25) is 12.1 Å². The van der Waals surface area contributed by atoms with Crippen LogP contribution in [0, 0.1) is 51.8 Å². The van der Waals surface area contributed by atoms with Crippen molar-refractivity contribution in [1.29, 1.82) is 0 Å². The van der Waals surface area contributed by atoms with Gasteiger partial charge >= 0.3 is 23.9 Å². The maximum absolute atomic E-state index is 14.0. The number of carbonyl (C=O) groups excluding carboxylic acids is 4. The van der Waals surface area contributed by atoms with Crippen molar-refractivity contribution < 1.29 is 102 Å². The van der Waals surface area contributed by atoms with Crippen molar-refractivity contribution in [3.05, 3.63) is 42.0 Å². The fraction of sp³-hybridized carbons (Fsp3) is 0.800. The van der Waals surface area contributed by atoms with E-state index in [9.17, 15) is 54.9 Å². The first-order chi connectivity index (χ1) is 38.4. The number of hydrogen-bond acceptors (Lipinski definition) is 21. The first kappa shape index (κ1) is 60.4. The highest BCUT2D eigenvalue weighted by molar-refractivity contribution is 5.87. The predicted octanol–water partition coefficient (Wildman–Crippen LogP) is 3.40. The van der Waals surface area contributed by atoms with Crippen LogP contribution in [0.4, 0.5) is 0 Å². The third-order valence-electron chi connectivity index (χ3n) is 21.5. The molecule has 25 atom stereocenters. The number of hydrogen-bond donors (Lipinski definition) is 7. The number of ether oxygens (including phenoxy) is 10. The fourth-order valence-electron chi connectivity index (χ4n) is 16.8. The van der Waals surface area contributed by atoms with Gasteiger partial charge in [0.05, 0.1) is 62.4 Å². The molecule has 81 heavy (non-hydrogen) atoms. The molecule has 7 N–H and O–H groups in total. The average Bonchev–Trinajstić information content (AvgIpc) is 1.78. The monoisotopic (exact) mass is 1140 g/mol. The Morgan fingerprint density at radius 1 is 0.716 bits per heavy atom. The maximum atomic E-state index is 14.0. The van der Waals surface area contributed by atoms with Crippen LogP contribution in [-0.2, 0) is 66.5 Å². The highest BCUT2D eigenvalue weighted by Crippen LogP contribution is 2.75. The Morgan fingerprint density at radius 2 is 1.40 bits per heavy atom. The first-order valence-electron chi connectivity index (χ1n) is 29.4. The molecule has 10 fully saturated rings. The fourth-order valence-corrected chi connectivity index (χ4v) is 16.8. The minimum Gasteiger partial charge on any atom is -0.459 e. The molecule has 1 aromatic carbocycles. The number of fused-ring (bicyclic) bond motifs is 5. The van der Waals surface area contributed by atoms with Gasteiger partial charge < -0.3 is 83.1 Å². The lowest BCUT2D eigenvalue weighted by Crippen LogP contribution is -2.64. The summed E-state index contributed by atoms with van der Waals surface area (Å²) in [5.41, 5.74) is -0.848. The van der Waals surface area contributed by atoms with E-state index in [1.54, 1.807) is 6.08 Å². The number of esters is 4. The van der Waals surface area contributed by atoms with Crippen LogP contribution in [0.15, 0.2) is 36.4 Å². The van der Waals surface area contributed by atoms with Crippen molar-refractivity contribution in [2.24, 2.45) is 51.8 Å². The third kappa shape index (κ3) is 10.7. The minimum atomic E-state index is -1.73. The topological polar surface area (TPSA) is 305 Å². The Hall–Kier alpha value is -3.68. The number of aliphatic hydroxyl groups is 7. The number of benzene rings is 1. The van der Waals surface area contributed by atoms with Crippen LogP contribution < -0.4 is 0 Å². The number of epoxide rings is 1. The van der Waals surface area contributed by atoms with Gasteiger partial charge in [-0.1, -0.05) is 51.1 Å². The molecule has 10 aliphatic rings. The second-order valence-corrected chi connectivity index (χ2v) is 26.0. The summed E-state index contributed by atoms with van der Waals surface area (Å²) in [6.07, 6.45) is -3.32. The molecular formula is C60H86O21. The molecule has 21 heteroatoms. The van der Waals surface area contributed by atoms with Crippen LogP contribution in [-0.4, -0.2) is 183 Å². The molecule has 0 aromatic heterocycles. The van der Waals surface area contributed by atoms with E-state index >= 15 is 0 Å². The Morgan fingerprint density at radius 3 is 2.06 bits per heavy atom. The lowest BCUT2D eigenvalue weighted by atomic mass is 9.39. The molecule has 0 unspecified atom stereocenters. The Bertz CT molecular complexity index is 2470. The Labute approximate surface area is 473 Å². The summed E-state index contributed by atoms with van der Waals surface area (Å²) in [6.45, 7) is 12.2. The van der Waals surface area contributed by atoms with Gasteiger partial charge in [-0.25, -0.2) is 4.79 Å². The highest BCUT2D eigenvalue weighted by Gasteiger charge is 2.77. The summed E-state index contributed by atoms with van der Waals surface area (Å²) in [4.78, 5) is 50.9. The molecule has 0 radical (unpaired) electrons. The minimum absolute atomic E-state index is 0.0547. The summed E-state index contributed by atoms with van der Waals surface area (Å²) in [5, 5.41) is 74.0. The van der Waals surface area contributed by atoms with Gasteiger partial charge in [0.1, 0.15) is 24.4 Å². The molecule has 11 rings (SSSR count). The zero-order chi connectivity index (χ0) is 58.2. The van der Waals surface area contributed by atoms with E-state index in [2.05, 4.69) is 13.8 Å². The molecule has 0 amide bonds. The zero-order valence-corrected chi connectivity index (χ0v) is 47.7. The van der Waals surface area contributed by atoms with Crippen molar-refractivity contribution in [2.75, 3.05) is 26.4 Å². The van der Waals surface area contributed by atoms with E-state index in [4.69, 9.17) is 47.4 Å². The van der Waals surface area contributed by atoms with Gasteiger partial charge in [-0.2, -0.15) is 0 Å². The Balaban J connectivity index is 0.000000254. The molecule has 5 aliphatic heterocycles. The van der Waals surface area contributed by atoms with Gasteiger partial charge in [-0.3, -0.25) is 14.4 Å². The molecular weight excluding hydrogens is 1060 g/mol. The van der Waals surface area contributed by atoms with Crippen molar-refractivity contribution in [1.82, 2.24) is 0 Å². The first-order valence-corrected chi connectivity index (χ1v) is 29.4. The van der Waals surface area contributed by atoms with Crippen molar-refractivity contribution in [2.45, 2.75) is 222 Å². The van der Waals surface area contributed by atoms with Crippen molar-refractivity contribution >= 4 is 30.0 Å². The van der Waals surface area contributed by atoms with Crippen LogP contribution in [0.25, 0.3) is 6.08 Å². The van der Waals surface area contributed by atoms with Crippen LogP contribution in [0.1, 0.15) is 131 Å². The molecule has 1 aromatic rings. The van der Waals surface area contributed by atoms with Crippen LogP contribution in [0.3, 0.4) is 0 Å². The van der Waals surface area contributed by atoms with Gasteiger partial charge in [-0.15, -0.1) is 0 Å². The lowest BCUT2D eigenvalue weighted by molar-refractivity contribution is -0.358. The van der Waals surface area contributed by atoms with E-state index < -0.39 is 132 Å². The summed E-state index contributed by atoms with van der Waals surface area (Å²) >= 11 is 0. The summed E-state index contributed by atoms with van der Waals surface area (Å²) in [6, 6.07) is 9.42. The normalized spacial score (nSPS) is 48.6. The van der Waals surface area contributed by atoms with E-state index in [0.717, 1.165) is 64.4 Å². The molecule has 5 aliphatic carbocycles. The van der Waals surface area contributed by atoms with Crippen molar-refractivity contribution in [3.63, 3.8) is 0 Å². The predicted molar refractivity (Wildman–Crippen MR) is 282 cm³/mol. The maximum Gasteiger partial charge on any atom is 0.331 e. The summed E-state index contributed by atoms with van der Waals surface area (Å²) < 4.78 is 59.4. The van der Waals surface area contributed by atoms with Gasteiger partial charge in [0, 0.05) is 43.6 Å². The molecule has 21 nitrogen and oxygen atoms in total. The highest BCUT2D eigenvalue weighted by atomic mass is 16.8. The van der Waals surface area contributed by atoms with E-state index in [-0.39, 0.29) is 61.2 Å². The Kier molecular flexibility index (Phi) is 17.1. The SMILES string of the molecule is CC(=O)O[C@@H]1[C@@H](O)[C@H](O[C@H]2[C@H](OC(=O)[C@@H]3CC[C@@H]4[C@H](C3)O[C@]3(C[C@H](OC(=O)/C=C/c5ccccc5)[C@H](C)CO3)[C@@]43CO3)O[C@H](C)[C@@H](O)[C@@H]2OC(C)=O)O[C@H](C)[C@H]1O.C[C@@]1(CO)[C@H](O)CC[C@@]2(C)[C@H]1CC[C@H]1C[C@@H]3C[C@@]12CC[C@]3(O)CO. The van der Waals surface area contributed by atoms with Crippen LogP contribution >= 0.6 is 0 Å². The number of carbonyl (C=O) groups is 4. The molecule has 452 valence electrons. The lowest BCUT2D eigenvalue weighted by Gasteiger charge is -2.66. The molecule has 5 saturated heterocycles. The average molecular weight is 1140 g/mol. The van der Waals surface area contributed by atoms with Crippen LogP contribution in [0.5, 0.6) is 0 Å². The van der Waals surface area contributed by atoms with Crippen molar-refractivity contribution in [3.8, 4) is 0 Å². The van der Waals surface area contributed by atoms with Gasteiger partial charge in [0.25, 0.3) is 0 Å². The van der Waals surface area contributed by atoms with E-state index in [1.165, 1.54) is 19.9 Å². The summed E-state index contributed by atoms with van der Waals surface area (Å²) in [5.74, 6) is -3.62. The second kappa shape index (κ2) is 23.0. The van der Waals surface area contributed by atoms with E-state index in [1.807, 2.05) is 37.3 Å². The quantitative estimate of drug-likeness (QED) is 0.0723. The molecule has 5 heterocycles. The summed E-state index contributed by atoms with van der Waals surface area (Å²) in [7, 11) is 0. The van der Waals surface area contributed by atoms with Crippen LogP contribution in [0.2, 0.25) is 0 Å². The smallest absolute Gasteiger partial charge is 0.331 e. The largest absolute Gasteiger partial charge is 0.459 e. The number of rotatable bonds is 11. The van der Waals surface area contributed by atoms with Gasteiger partial charge in [-0.05, 0) is 125 Å². The van der Waals surface area contributed by atoms with E-state index in [0.29, 0.717) is 37.7 Å². The standard InChI is InChI=1S/C40H52O17.C20H34O4/c1-19-17-48-40(16-28(19)54-29(43)14-11-24-9-7-6-8-10-24)39(18-49-39)26-13-12-25(15-27(26)57-40)36(47)56-38-35(34(53-23(5)42)31(45)21(3)51-38)55-37-32(46)33(52-22(4)41)30(44)20(2)50-37;1-17(11-21)15-4-3-13-9-14-10-19(13,7-8-20(14,24)12-22)18(15,2)6-5-16(17)23/h6-11,14,19-21,25-28,30-35,37-38,44-46H,12-13,15-18H2,1-5H3;13-16,21-24H,3-12H2,1-2H3/b14-11+;/t19-,20-,21-,25-,26-,27+,28+,30-,31-,32-,33+,34+,35-,37+,38+,39-,40-;13-,14+,15-,16+,17-,18-,19-,20-/m10/s1.